The Balaban J connectivity index is 3.18. The number of aliphatic carboxylic acids is 1. The van der Waals surface area contributed by atoms with Gasteiger partial charge in [0.05, 0.1) is 25.8 Å². The molecular weight excluding hydrogens is 485 g/mol. The number of esters is 1. The van der Waals surface area contributed by atoms with E-state index in [0.717, 1.165) is 0 Å². The summed E-state index contributed by atoms with van der Waals surface area (Å²) in [6, 6.07) is -2.61. The van der Waals surface area contributed by atoms with Gasteiger partial charge in [-0.1, -0.05) is 13.8 Å². The molecule has 1 saturated heterocycles. The lowest BCUT2D eigenvalue weighted by Gasteiger charge is -2.50. The Morgan fingerprint density at radius 3 is 1.97 bits per heavy atom. The van der Waals surface area contributed by atoms with Gasteiger partial charge in [-0.3, -0.25) is 19.2 Å². The fourth-order valence-corrected chi connectivity index (χ4v) is 4.77. The van der Waals surface area contributed by atoms with E-state index in [9.17, 15) is 38.8 Å². The molecule has 0 aromatic heterocycles. The summed E-state index contributed by atoms with van der Waals surface area (Å²) in [5, 5.41) is 23.1. The molecule has 0 bridgehead atoms. The third-order valence-electron chi connectivity index (χ3n) is 6.18. The van der Waals surface area contributed by atoms with Gasteiger partial charge in [0.15, 0.2) is 0 Å². The number of amides is 3. The molecule has 1 heterocycles. The van der Waals surface area contributed by atoms with Crippen LogP contribution in [0.1, 0.15) is 54.4 Å². The van der Waals surface area contributed by atoms with Crippen molar-refractivity contribution in [2.45, 2.75) is 78.1 Å². The van der Waals surface area contributed by atoms with E-state index in [-0.39, 0.29) is 31.8 Å². The first-order chi connectivity index (χ1) is 16.1. The third kappa shape index (κ3) is 7.17. The molecule has 5 atom stereocenters. The van der Waals surface area contributed by atoms with Crippen molar-refractivity contribution in [2.24, 2.45) is 11.3 Å². The molecule has 0 saturated carbocycles. The molecule has 3 amide bonds. The first-order valence-electron chi connectivity index (χ1n) is 11.3. The van der Waals surface area contributed by atoms with Crippen LogP contribution in [0.15, 0.2) is 0 Å². The number of piperidine rings is 1. The third-order valence-corrected chi connectivity index (χ3v) is 7.59. The maximum absolute atomic E-state index is 13.3. The topological polar surface area (TPSA) is 189 Å². The van der Waals surface area contributed by atoms with E-state index >= 15 is 0 Å². The summed E-state index contributed by atoms with van der Waals surface area (Å²) in [6.45, 7) is 8.51. The standard InChI is InChI=1S/C21H36N3O10P/c1-11(2)17(28)33-15(6)34-19(30)23-13(4)21(31,35-32)20(18(29)22-12(3)16(26)27)7-9-24(10-8-20)14(5)25/h11-13,15,31H,7-10,35H2,1-6H3,(H,22,29)(H,23,30)(H,26,27). The van der Waals surface area contributed by atoms with Crippen LogP contribution in [0.3, 0.4) is 0 Å². The lowest BCUT2D eigenvalue weighted by atomic mass is 9.70. The summed E-state index contributed by atoms with van der Waals surface area (Å²) in [7, 11) is -2.11. The number of alkyl carbamates (subject to hydrolysis) is 1. The van der Waals surface area contributed by atoms with Crippen molar-refractivity contribution in [3.63, 3.8) is 0 Å². The van der Waals surface area contributed by atoms with E-state index in [1.165, 1.54) is 32.6 Å². The molecule has 200 valence electrons. The number of rotatable bonds is 10. The Labute approximate surface area is 205 Å². The maximum atomic E-state index is 13.3. The van der Waals surface area contributed by atoms with Crippen LogP contribution in [-0.2, 0) is 33.2 Å². The van der Waals surface area contributed by atoms with Crippen molar-refractivity contribution in [3.05, 3.63) is 0 Å². The van der Waals surface area contributed by atoms with Crippen LogP contribution in [0.2, 0.25) is 0 Å². The molecule has 35 heavy (non-hydrogen) atoms. The molecule has 14 heteroatoms. The van der Waals surface area contributed by atoms with E-state index in [0.29, 0.717) is 0 Å². The molecule has 0 radical (unpaired) electrons. The number of nitrogens with zero attached hydrogens (tertiary/aromatic N) is 1. The van der Waals surface area contributed by atoms with Crippen LogP contribution in [0, 0.1) is 11.3 Å². The van der Waals surface area contributed by atoms with Crippen molar-refractivity contribution in [1.29, 1.82) is 0 Å². The minimum atomic E-state index is -2.30. The van der Waals surface area contributed by atoms with Gasteiger partial charge in [-0.2, -0.15) is 0 Å². The highest BCUT2D eigenvalue weighted by atomic mass is 31.1. The van der Waals surface area contributed by atoms with Crippen molar-refractivity contribution < 1.29 is 48.2 Å². The Morgan fingerprint density at radius 2 is 1.54 bits per heavy atom. The second kappa shape index (κ2) is 12.3. The monoisotopic (exact) mass is 521 g/mol. The van der Waals surface area contributed by atoms with Gasteiger partial charge in [0.1, 0.15) is 11.4 Å². The minimum absolute atomic E-state index is 0.0469. The fourth-order valence-electron chi connectivity index (χ4n) is 3.83. The van der Waals surface area contributed by atoms with Crippen molar-refractivity contribution in [1.82, 2.24) is 15.5 Å². The number of carboxylic acid groups (broad SMARTS) is 1. The number of hydrogen-bond donors (Lipinski definition) is 4. The lowest BCUT2D eigenvalue weighted by molar-refractivity contribution is -0.169. The molecule has 0 aromatic carbocycles. The number of ether oxygens (including phenoxy) is 2. The Bertz CT molecular complexity index is 843. The fraction of sp³-hybridized carbons (Fsp3) is 0.762. The minimum Gasteiger partial charge on any atom is -0.480 e. The summed E-state index contributed by atoms with van der Waals surface area (Å²) in [4.78, 5) is 61.9. The first kappa shape index (κ1) is 30.4. The van der Waals surface area contributed by atoms with Crippen molar-refractivity contribution >= 4 is 38.3 Å². The zero-order chi connectivity index (χ0) is 27.1. The van der Waals surface area contributed by atoms with Crippen LogP contribution in [0.4, 0.5) is 4.79 Å². The average Bonchev–Trinajstić information content (AvgIpc) is 2.77. The van der Waals surface area contributed by atoms with Crippen molar-refractivity contribution in [3.8, 4) is 0 Å². The van der Waals surface area contributed by atoms with E-state index < -0.39 is 67.4 Å². The van der Waals surface area contributed by atoms with Gasteiger partial charge in [0, 0.05) is 26.9 Å². The summed E-state index contributed by atoms with van der Waals surface area (Å²) in [6.07, 6.45) is -2.60. The predicted molar refractivity (Wildman–Crippen MR) is 124 cm³/mol. The summed E-state index contributed by atoms with van der Waals surface area (Å²) >= 11 is 0. The Hall–Kier alpha value is -2.66. The van der Waals surface area contributed by atoms with Crippen LogP contribution in [-0.4, -0.2) is 81.8 Å². The number of carbonyl (C=O) groups excluding carboxylic acids is 4. The number of nitrogens with one attached hydrogen (secondary N) is 2. The van der Waals surface area contributed by atoms with Gasteiger partial charge in [-0.15, -0.1) is 0 Å². The van der Waals surface area contributed by atoms with Gasteiger partial charge in [0.25, 0.3) is 0 Å². The number of hydrogen-bond acceptors (Lipinski definition) is 9. The van der Waals surface area contributed by atoms with Crippen LogP contribution in [0.25, 0.3) is 0 Å². The van der Waals surface area contributed by atoms with Gasteiger partial charge in [0.2, 0.25) is 18.1 Å². The van der Waals surface area contributed by atoms with Gasteiger partial charge >= 0.3 is 18.0 Å². The molecule has 5 unspecified atom stereocenters. The molecule has 4 N–H and O–H groups in total. The molecule has 1 rings (SSSR count). The molecular formula is C21H36N3O10P. The summed E-state index contributed by atoms with van der Waals surface area (Å²) < 4.78 is 22.4. The van der Waals surface area contributed by atoms with Crippen LogP contribution >= 0.6 is 8.46 Å². The largest absolute Gasteiger partial charge is 0.480 e. The highest BCUT2D eigenvalue weighted by Gasteiger charge is 2.60. The second-order valence-corrected chi connectivity index (χ2v) is 10.1. The van der Waals surface area contributed by atoms with E-state index in [1.54, 1.807) is 13.8 Å². The number of carboxylic acids is 1. The smallest absolute Gasteiger partial charge is 0.410 e. The lowest BCUT2D eigenvalue weighted by Crippen LogP contribution is -2.66. The summed E-state index contributed by atoms with van der Waals surface area (Å²) in [5.74, 6) is -3.48. The number of likely N-dealkylation sites (tertiary alicyclic amines) is 1. The first-order valence-corrected chi connectivity index (χ1v) is 12.3. The van der Waals surface area contributed by atoms with Crippen molar-refractivity contribution in [2.75, 3.05) is 13.1 Å². The average molecular weight is 522 g/mol. The molecule has 0 aliphatic carbocycles. The normalized spacial score (nSPS) is 19.8. The van der Waals surface area contributed by atoms with Gasteiger partial charge in [-0.05, 0) is 26.7 Å². The van der Waals surface area contributed by atoms with E-state index in [4.69, 9.17) is 9.47 Å². The quantitative estimate of drug-likeness (QED) is 0.177. The van der Waals surface area contributed by atoms with Gasteiger partial charge in [-0.25, -0.2) is 4.79 Å². The molecule has 13 nitrogen and oxygen atoms in total. The predicted octanol–water partition coefficient (Wildman–Crippen LogP) is 0.309. The SMILES string of the molecule is CC(=O)N1CCC(C(=O)NC(C)C(=O)O)(C(O)([PH2]=O)C(C)NC(=O)OC(C)OC(=O)C(C)C)CC1. The molecule has 1 aliphatic heterocycles. The molecule has 0 aromatic rings. The zero-order valence-corrected chi connectivity index (χ0v) is 22.0. The van der Waals surface area contributed by atoms with Crippen LogP contribution in [0.5, 0.6) is 0 Å². The second-order valence-electron chi connectivity index (χ2n) is 9.00. The maximum Gasteiger partial charge on any atom is 0.410 e. The van der Waals surface area contributed by atoms with Gasteiger partial charge < -0.3 is 39.8 Å². The number of carbonyl (C=O) groups is 5. The highest BCUT2D eigenvalue weighted by Crippen LogP contribution is 2.49. The Morgan fingerprint density at radius 1 is 1.00 bits per heavy atom. The zero-order valence-electron chi connectivity index (χ0n) is 20.8. The highest BCUT2D eigenvalue weighted by molar-refractivity contribution is 7.26. The summed E-state index contributed by atoms with van der Waals surface area (Å²) in [5.41, 5.74) is -1.78. The molecule has 1 aliphatic rings. The van der Waals surface area contributed by atoms with Crippen LogP contribution < -0.4 is 10.6 Å². The Kier molecular flexibility index (Phi) is 10.7. The number of aliphatic hydroxyl groups is 1. The van der Waals surface area contributed by atoms with E-state index in [1.807, 2.05) is 0 Å². The van der Waals surface area contributed by atoms with E-state index in [2.05, 4.69) is 10.6 Å². The molecule has 0 spiro atoms. The molecule has 1 fully saturated rings.